The van der Waals surface area contributed by atoms with Crippen LogP contribution in [0.25, 0.3) is 0 Å². The van der Waals surface area contributed by atoms with Crippen molar-refractivity contribution in [2.75, 3.05) is 25.5 Å². The molecule has 0 amide bonds. The number of carbonyl (C=O) groups excluding carboxylic acids is 2. The third kappa shape index (κ3) is 5.87. The van der Waals surface area contributed by atoms with E-state index in [1.807, 2.05) is 60.7 Å². The van der Waals surface area contributed by atoms with Crippen molar-refractivity contribution in [3.63, 3.8) is 0 Å². The molecule has 35 heavy (non-hydrogen) atoms. The summed E-state index contributed by atoms with van der Waals surface area (Å²) in [7, 11) is -0.520. The van der Waals surface area contributed by atoms with Gasteiger partial charge in [-0.3, -0.25) is 9.59 Å². The van der Waals surface area contributed by atoms with Gasteiger partial charge in [-0.25, -0.2) is 9.98 Å². The zero-order chi connectivity index (χ0) is 24.0. The quantitative estimate of drug-likeness (QED) is 0.359. The molecule has 0 aromatic heterocycles. The third-order valence-electron chi connectivity index (χ3n) is 6.90. The number of rotatable bonds is 9. The Hall–Kier alpha value is -2.85. The zero-order valence-corrected chi connectivity index (χ0v) is 20.7. The van der Waals surface area contributed by atoms with E-state index < -0.39 is 20.0 Å². The first-order valence-electron chi connectivity index (χ1n) is 12.5. The summed E-state index contributed by atoms with van der Waals surface area (Å²) in [6.45, 7) is 0.615. The Morgan fingerprint density at radius 3 is 1.63 bits per heavy atom. The molecule has 2 atom stereocenters. The second-order valence-electron chi connectivity index (χ2n) is 9.36. The fraction of sp³-hybridized carbons (Fsp3) is 0.429. The number of ether oxygens (including phenoxy) is 2. The van der Waals surface area contributed by atoms with Gasteiger partial charge >= 0.3 is 0 Å². The van der Waals surface area contributed by atoms with Gasteiger partial charge in [0.2, 0.25) is 0 Å². The minimum Gasteiger partial charge on any atom is -0.478 e. The summed E-state index contributed by atoms with van der Waals surface area (Å²) in [5.41, 5.74) is 1.94. The maximum absolute atomic E-state index is 12.8. The lowest BCUT2D eigenvalue weighted by atomic mass is 10.0. The van der Waals surface area contributed by atoms with Crippen LogP contribution < -0.4 is 0 Å². The first-order valence-corrected chi connectivity index (χ1v) is 14.3. The molecule has 0 unspecified atom stereocenters. The molecule has 0 radical (unpaired) electrons. The monoisotopic (exact) mass is 490 g/mol. The number of benzene rings is 2. The number of Topliss-reactive ketones (excluding diaryl/α,β-unsaturated/α-hetero) is 2. The Morgan fingerprint density at radius 2 is 1.17 bits per heavy atom. The van der Waals surface area contributed by atoms with Crippen LogP contribution in [0.3, 0.4) is 0 Å². The lowest BCUT2D eigenvalue weighted by Gasteiger charge is -2.30. The van der Waals surface area contributed by atoms with Crippen LogP contribution in [0.1, 0.15) is 52.8 Å². The molecular weight excluding hydrogens is 459 g/mol. The predicted octanol–water partition coefficient (Wildman–Crippen LogP) is 5.16. The largest absolute Gasteiger partial charge is 0.478 e. The van der Waals surface area contributed by atoms with Crippen LogP contribution in [-0.2, 0) is 9.47 Å². The van der Waals surface area contributed by atoms with Gasteiger partial charge < -0.3 is 9.47 Å². The molecule has 5 rings (SSSR count). The van der Waals surface area contributed by atoms with Crippen molar-refractivity contribution in [3.8, 4) is 0 Å². The van der Waals surface area contributed by atoms with Crippen molar-refractivity contribution < 1.29 is 19.1 Å². The standard InChI is InChI=1S/C28H31N2O4P/c31-27(20-10-4-1-5-11-20)23-16-33-25(29-23)18-35(22-14-8-3-9-15-22)19-26-30-24(17-34-26)28(32)21-12-6-2-7-13-21/h1-2,4-7,10-13,22-24H,3,8-9,14-19H2/t23-,24-/m0/s1. The van der Waals surface area contributed by atoms with E-state index in [1.165, 1.54) is 32.1 Å². The first-order chi connectivity index (χ1) is 17.2. The summed E-state index contributed by atoms with van der Waals surface area (Å²) >= 11 is 0. The van der Waals surface area contributed by atoms with Crippen molar-refractivity contribution in [1.29, 1.82) is 0 Å². The number of aliphatic imine (C=N–C) groups is 2. The Bertz CT molecular complexity index is 1020. The number of ketones is 2. The van der Waals surface area contributed by atoms with Crippen molar-refractivity contribution in [2.24, 2.45) is 9.98 Å². The Morgan fingerprint density at radius 1 is 0.714 bits per heavy atom. The van der Waals surface area contributed by atoms with Gasteiger partial charge in [0.15, 0.2) is 35.4 Å². The topological polar surface area (TPSA) is 77.3 Å². The Labute approximate surface area is 207 Å². The van der Waals surface area contributed by atoms with Gasteiger partial charge in [0.1, 0.15) is 13.2 Å². The summed E-state index contributed by atoms with van der Waals surface area (Å²) in [6.07, 6.45) is 7.64. The van der Waals surface area contributed by atoms with Crippen LogP contribution in [0.15, 0.2) is 70.6 Å². The molecule has 2 heterocycles. The number of hydrogen-bond donors (Lipinski definition) is 0. The first kappa shape index (κ1) is 23.9. The van der Waals surface area contributed by atoms with E-state index in [4.69, 9.17) is 9.47 Å². The summed E-state index contributed by atoms with van der Waals surface area (Å²) in [4.78, 5) is 35.0. The molecule has 2 aromatic carbocycles. The van der Waals surface area contributed by atoms with Crippen LogP contribution >= 0.6 is 7.92 Å². The van der Waals surface area contributed by atoms with Crippen LogP contribution in [0.4, 0.5) is 0 Å². The predicted molar refractivity (Wildman–Crippen MR) is 139 cm³/mol. The Kier molecular flexibility index (Phi) is 7.68. The molecule has 3 aliphatic rings. The molecule has 7 heteroatoms. The summed E-state index contributed by atoms with van der Waals surface area (Å²) in [5, 5.41) is 0. The number of carbonyl (C=O) groups is 2. The molecule has 1 fully saturated rings. The van der Waals surface area contributed by atoms with Gasteiger partial charge in [-0.1, -0.05) is 87.8 Å². The molecule has 1 aliphatic carbocycles. The summed E-state index contributed by atoms with van der Waals surface area (Å²) < 4.78 is 11.8. The van der Waals surface area contributed by atoms with E-state index in [9.17, 15) is 9.59 Å². The van der Waals surface area contributed by atoms with Gasteiger partial charge in [0, 0.05) is 23.5 Å². The minimum absolute atomic E-state index is 0.00774. The maximum atomic E-state index is 12.8. The van der Waals surface area contributed by atoms with Crippen molar-refractivity contribution >= 4 is 31.3 Å². The second-order valence-corrected chi connectivity index (χ2v) is 11.9. The maximum Gasteiger partial charge on any atom is 0.190 e. The normalized spacial score (nSPS) is 22.3. The molecule has 0 saturated heterocycles. The van der Waals surface area contributed by atoms with E-state index in [-0.39, 0.29) is 11.6 Å². The van der Waals surface area contributed by atoms with Crippen molar-refractivity contribution in [1.82, 2.24) is 0 Å². The Balaban J connectivity index is 1.27. The third-order valence-corrected chi connectivity index (χ3v) is 9.81. The molecule has 6 nitrogen and oxygen atoms in total. The van der Waals surface area contributed by atoms with Gasteiger partial charge in [0.25, 0.3) is 0 Å². The molecule has 2 aromatic rings. The van der Waals surface area contributed by atoms with E-state index in [0.29, 0.717) is 41.8 Å². The van der Waals surface area contributed by atoms with Crippen LogP contribution in [0.5, 0.6) is 0 Å². The summed E-state index contributed by atoms with van der Waals surface area (Å²) in [5.74, 6) is 1.39. The fourth-order valence-corrected chi connectivity index (χ4v) is 7.75. The molecule has 182 valence electrons. The molecule has 0 spiro atoms. The zero-order valence-electron chi connectivity index (χ0n) is 19.8. The average molecular weight is 491 g/mol. The minimum atomic E-state index is -0.520. The number of hydrogen-bond acceptors (Lipinski definition) is 6. The molecular formula is C28H31N2O4P. The molecule has 2 aliphatic heterocycles. The molecule has 1 saturated carbocycles. The van der Waals surface area contributed by atoms with Crippen LogP contribution in [0.2, 0.25) is 0 Å². The lowest BCUT2D eigenvalue weighted by molar-refractivity contribution is 0.0940. The smallest absolute Gasteiger partial charge is 0.190 e. The van der Waals surface area contributed by atoms with E-state index in [0.717, 1.165) is 12.3 Å². The molecule has 0 bridgehead atoms. The van der Waals surface area contributed by atoms with Gasteiger partial charge in [-0.15, -0.1) is 0 Å². The summed E-state index contributed by atoms with van der Waals surface area (Å²) in [6, 6.07) is 17.7. The van der Waals surface area contributed by atoms with Gasteiger partial charge in [-0.05, 0) is 18.5 Å². The van der Waals surface area contributed by atoms with E-state index >= 15 is 0 Å². The SMILES string of the molecule is O=C(c1ccccc1)[C@@H]1COC(CP(CC2=N[C@H](C(=O)c3ccccc3)CO2)C2CCCCC2)=N1. The highest BCUT2D eigenvalue weighted by Gasteiger charge is 2.34. The average Bonchev–Trinajstić information content (AvgIpc) is 3.59. The lowest BCUT2D eigenvalue weighted by Crippen LogP contribution is -2.20. The number of nitrogens with zero attached hydrogens (tertiary/aromatic N) is 2. The molecule has 0 N–H and O–H groups in total. The van der Waals surface area contributed by atoms with Crippen molar-refractivity contribution in [2.45, 2.75) is 49.8 Å². The van der Waals surface area contributed by atoms with Crippen LogP contribution in [0, 0.1) is 0 Å². The van der Waals surface area contributed by atoms with E-state index in [1.54, 1.807) is 0 Å². The van der Waals surface area contributed by atoms with Crippen LogP contribution in [-0.4, -0.2) is 66.6 Å². The highest BCUT2D eigenvalue weighted by atomic mass is 31.1. The second kappa shape index (κ2) is 11.3. The van der Waals surface area contributed by atoms with Gasteiger partial charge in [-0.2, -0.15) is 0 Å². The van der Waals surface area contributed by atoms with E-state index in [2.05, 4.69) is 9.98 Å². The fourth-order valence-electron chi connectivity index (χ4n) is 4.99. The van der Waals surface area contributed by atoms with Crippen molar-refractivity contribution in [3.05, 3.63) is 71.8 Å². The highest BCUT2D eigenvalue weighted by molar-refractivity contribution is 7.60. The highest BCUT2D eigenvalue weighted by Crippen LogP contribution is 2.48. The van der Waals surface area contributed by atoms with Gasteiger partial charge in [0.05, 0.1) is 0 Å².